The van der Waals surface area contributed by atoms with E-state index in [1.807, 2.05) is 6.07 Å². The minimum Gasteiger partial charge on any atom is -0.469 e. The molecule has 1 aromatic heterocycles. The normalized spacial score (nSPS) is 12.2. The number of carbonyl (C=O) groups is 2. The van der Waals surface area contributed by atoms with Gasteiger partial charge in [-0.2, -0.15) is 0 Å². The molecule has 1 unspecified atom stereocenters. The zero-order valence-electron chi connectivity index (χ0n) is 16.8. The molecule has 0 aliphatic heterocycles. The summed E-state index contributed by atoms with van der Waals surface area (Å²) in [5.41, 5.74) is 1.01. The molecule has 31 heavy (non-hydrogen) atoms. The summed E-state index contributed by atoms with van der Waals surface area (Å²) >= 11 is 0. The molecular formula is C22H22N2O6S. The molecule has 0 saturated heterocycles. The van der Waals surface area contributed by atoms with Gasteiger partial charge < -0.3 is 14.5 Å². The Morgan fingerprint density at radius 3 is 2.32 bits per heavy atom. The monoisotopic (exact) mass is 442 g/mol. The van der Waals surface area contributed by atoms with Crippen LogP contribution in [0.5, 0.6) is 0 Å². The maximum atomic E-state index is 12.7. The molecule has 1 atom stereocenters. The van der Waals surface area contributed by atoms with Crippen molar-refractivity contribution >= 4 is 21.9 Å². The highest BCUT2D eigenvalue weighted by Crippen LogP contribution is 2.19. The molecule has 0 aliphatic rings. The van der Waals surface area contributed by atoms with Crippen LogP contribution in [0.1, 0.15) is 34.1 Å². The van der Waals surface area contributed by atoms with E-state index in [1.54, 1.807) is 36.4 Å². The molecule has 0 bridgehead atoms. The lowest BCUT2D eigenvalue weighted by Crippen LogP contribution is -2.30. The third kappa shape index (κ3) is 6.03. The van der Waals surface area contributed by atoms with Crippen LogP contribution in [-0.2, 0) is 26.1 Å². The topological polar surface area (TPSA) is 115 Å². The van der Waals surface area contributed by atoms with Crippen LogP contribution in [-0.4, -0.2) is 27.4 Å². The first-order chi connectivity index (χ1) is 14.9. The number of ether oxygens (including phenoxy) is 1. The number of hydrogen-bond donors (Lipinski definition) is 2. The summed E-state index contributed by atoms with van der Waals surface area (Å²) in [6, 6.07) is 17.3. The molecule has 3 rings (SSSR count). The van der Waals surface area contributed by atoms with Gasteiger partial charge in [-0.05, 0) is 42.0 Å². The molecule has 3 aromatic rings. The van der Waals surface area contributed by atoms with Crippen LogP contribution in [0.25, 0.3) is 0 Å². The number of furan rings is 1. The highest BCUT2D eigenvalue weighted by Gasteiger charge is 2.20. The smallest absolute Gasteiger partial charge is 0.307 e. The fraction of sp³-hybridized carbons (Fsp3) is 0.182. The fourth-order valence-corrected chi connectivity index (χ4v) is 3.87. The van der Waals surface area contributed by atoms with Gasteiger partial charge in [-0.1, -0.05) is 30.3 Å². The van der Waals surface area contributed by atoms with E-state index < -0.39 is 27.9 Å². The molecule has 0 spiro atoms. The van der Waals surface area contributed by atoms with E-state index in [0.29, 0.717) is 5.76 Å². The van der Waals surface area contributed by atoms with E-state index in [0.717, 1.165) is 5.56 Å². The van der Waals surface area contributed by atoms with Gasteiger partial charge in [0.15, 0.2) is 0 Å². The van der Waals surface area contributed by atoms with Crippen LogP contribution in [0.3, 0.4) is 0 Å². The van der Waals surface area contributed by atoms with Gasteiger partial charge >= 0.3 is 5.97 Å². The molecule has 162 valence electrons. The average Bonchev–Trinajstić information content (AvgIpc) is 3.31. The number of esters is 1. The summed E-state index contributed by atoms with van der Waals surface area (Å²) in [4.78, 5) is 24.5. The van der Waals surface area contributed by atoms with Gasteiger partial charge in [0.25, 0.3) is 5.91 Å². The highest BCUT2D eigenvalue weighted by atomic mass is 32.2. The molecular weight excluding hydrogens is 420 g/mol. The van der Waals surface area contributed by atoms with E-state index in [2.05, 4.69) is 10.0 Å². The lowest BCUT2D eigenvalue weighted by molar-refractivity contribution is -0.141. The summed E-state index contributed by atoms with van der Waals surface area (Å²) in [5, 5.41) is 2.80. The standard InChI is InChI=1S/C22H22N2O6S/c1-29-21(25)14-20(16-6-3-2-4-7-16)24-22(26)17-9-11-19(12-10-17)31(27,28)23-15-18-8-5-13-30-18/h2-13,20,23H,14-15H2,1H3,(H,24,26). The number of rotatable bonds is 9. The van der Waals surface area contributed by atoms with Gasteiger partial charge in [0.2, 0.25) is 10.0 Å². The number of sulfonamides is 1. The molecule has 0 saturated carbocycles. The Bertz CT molecular complexity index is 1110. The molecule has 1 heterocycles. The van der Waals surface area contributed by atoms with Crippen LogP contribution < -0.4 is 10.0 Å². The van der Waals surface area contributed by atoms with Gasteiger partial charge in [0.1, 0.15) is 5.76 Å². The van der Waals surface area contributed by atoms with Gasteiger partial charge in [0, 0.05) is 5.56 Å². The van der Waals surface area contributed by atoms with Crippen LogP contribution >= 0.6 is 0 Å². The molecule has 2 N–H and O–H groups in total. The molecule has 0 radical (unpaired) electrons. The van der Waals surface area contributed by atoms with Crippen LogP contribution in [0.2, 0.25) is 0 Å². The molecule has 1 amide bonds. The Balaban J connectivity index is 1.70. The van der Waals surface area contributed by atoms with Crippen LogP contribution in [0, 0.1) is 0 Å². The number of hydrogen-bond acceptors (Lipinski definition) is 6. The van der Waals surface area contributed by atoms with E-state index in [-0.39, 0.29) is 23.4 Å². The minimum atomic E-state index is -3.77. The second-order valence-corrected chi connectivity index (χ2v) is 8.41. The first-order valence-corrected chi connectivity index (χ1v) is 10.9. The zero-order chi connectivity index (χ0) is 22.3. The largest absolute Gasteiger partial charge is 0.469 e. The number of nitrogens with one attached hydrogen (secondary N) is 2. The van der Waals surface area contributed by atoms with Crippen molar-refractivity contribution in [1.82, 2.24) is 10.0 Å². The van der Waals surface area contributed by atoms with Crippen molar-refractivity contribution in [2.75, 3.05) is 7.11 Å². The second kappa shape index (κ2) is 10.1. The average molecular weight is 442 g/mol. The lowest BCUT2D eigenvalue weighted by atomic mass is 10.0. The van der Waals surface area contributed by atoms with Crippen LogP contribution in [0.15, 0.2) is 82.3 Å². The number of benzene rings is 2. The van der Waals surface area contributed by atoms with Crippen molar-refractivity contribution < 1.29 is 27.2 Å². The Morgan fingerprint density at radius 1 is 1.00 bits per heavy atom. The Hall–Kier alpha value is -3.43. The van der Waals surface area contributed by atoms with E-state index in [1.165, 1.54) is 37.6 Å². The van der Waals surface area contributed by atoms with Gasteiger partial charge in [-0.15, -0.1) is 0 Å². The number of methoxy groups -OCH3 is 1. The summed E-state index contributed by atoms with van der Waals surface area (Å²) in [6.45, 7) is 0.0177. The van der Waals surface area contributed by atoms with Gasteiger partial charge in [-0.25, -0.2) is 13.1 Å². The van der Waals surface area contributed by atoms with Gasteiger partial charge in [-0.3, -0.25) is 9.59 Å². The highest BCUT2D eigenvalue weighted by molar-refractivity contribution is 7.89. The zero-order valence-corrected chi connectivity index (χ0v) is 17.6. The number of carbonyl (C=O) groups excluding carboxylic acids is 2. The minimum absolute atomic E-state index is 0.0177. The molecule has 2 aromatic carbocycles. The van der Waals surface area contributed by atoms with Crippen molar-refractivity contribution in [2.45, 2.75) is 23.9 Å². The third-order valence-corrected chi connectivity index (χ3v) is 5.97. The summed E-state index contributed by atoms with van der Waals surface area (Å²) in [7, 11) is -2.48. The fourth-order valence-electron chi connectivity index (χ4n) is 2.88. The molecule has 8 nitrogen and oxygen atoms in total. The van der Waals surface area contributed by atoms with E-state index in [9.17, 15) is 18.0 Å². The Labute approximate surface area is 180 Å². The van der Waals surface area contributed by atoms with Crippen molar-refractivity contribution in [3.8, 4) is 0 Å². The van der Waals surface area contributed by atoms with Gasteiger partial charge in [0.05, 0.1) is 37.3 Å². The van der Waals surface area contributed by atoms with Crippen molar-refractivity contribution in [2.24, 2.45) is 0 Å². The lowest BCUT2D eigenvalue weighted by Gasteiger charge is -2.18. The number of amides is 1. The van der Waals surface area contributed by atoms with E-state index in [4.69, 9.17) is 9.15 Å². The van der Waals surface area contributed by atoms with Crippen molar-refractivity contribution in [3.05, 3.63) is 89.9 Å². The molecule has 9 heteroatoms. The van der Waals surface area contributed by atoms with Crippen molar-refractivity contribution in [1.29, 1.82) is 0 Å². The second-order valence-electron chi connectivity index (χ2n) is 6.65. The molecule has 0 aliphatic carbocycles. The maximum Gasteiger partial charge on any atom is 0.307 e. The van der Waals surface area contributed by atoms with Crippen molar-refractivity contribution in [3.63, 3.8) is 0 Å². The quantitative estimate of drug-likeness (QED) is 0.493. The summed E-state index contributed by atoms with van der Waals surface area (Å²) < 4.78 is 37.1. The first-order valence-electron chi connectivity index (χ1n) is 9.44. The Kier molecular flexibility index (Phi) is 7.22. The van der Waals surface area contributed by atoms with E-state index >= 15 is 0 Å². The predicted molar refractivity (Wildman–Crippen MR) is 112 cm³/mol. The predicted octanol–water partition coefficient (Wildman–Crippen LogP) is 2.79. The maximum absolute atomic E-state index is 12.7. The SMILES string of the molecule is COC(=O)CC(NC(=O)c1ccc(S(=O)(=O)NCc2ccco2)cc1)c1ccccc1. The molecule has 0 fully saturated rings. The summed E-state index contributed by atoms with van der Waals surface area (Å²) in [5.74, 6) is -0.416. The van der Waals surface area contributed by atoms with Crippen LogP contribution in [0.4, 0.5) is 0 Å². The Morgan fingerprint density at radius 2 is 1.71 bits per heavy atom. The summed E-state index contributed by atoms with van der Waals surface area (Å²) in [6.07, 6.45) is 1.43. The third-order valence-electron chi connectivity index (χ3n) is 4.55. The first kappa shape index (κ1) is 22.3.